The van der Waals surface area contributed by atoms with Gasteiger partial charge in [-0.2, -0.15) is 0 Å². The average Bonchev–Trinajstić information content (AvgIpc) is 2.56. The Kier molecular flexibility index (Phi) is 1.39. The van der Waals surface area contributed by atoms with Gasteiger partial charge in [0.2, 0.25) is 0 Å². The van der Waals surface area contributed by atoms with Crippen LogP contribution < -0.4 is 0 Å². The van der Waals surface area contributed by atoms with Gasteiger partial charge in [0.15, 0.2) is 0 Å². The molecule has 0 amide bonds. The lowest BCUT2D eigenvalue weighted by Gasteiger charge is -2.69. The normalized spacial score (nSPS) is 44.2. The SMILES string of the molecule is c1cc2c3c(cccc3c1)C1CC3CCC4CC2C431. The van der Waals surface area contributed by atoms with Gasteiger partial charge in [0.1, 0.15) is 0 Å². The van der Waals surface area contributed by atoms with Gasteiger partial charge in [-0.25, -0.2) is 0 Å². The van der Waals surface area contributed by atoms with Crippen LogP contribution in [-0.4, -0.2) is 0 Å². The molecule has 2 aromatic carbocycles. The fourth-order valence-corrected chi connectivity index (χ4v) is 6.69. The molecule has 0 heterocycles. The molecule has 6 rings (SSSR count). The van der Waals surface area contributed by atoms with E-state index in [2.05, 4.69) is 36.4 Å². The topological polar surface area (TPSA) is 0 Å². The molecular weight excluding hydrogens is 228 g/mol. The van der Waals surface area contributed by atoms with Crippen LogP contribution in [0, 0.1) is 17.3 Å². The van der Waals surface area contributed by atoms with Crippen LogP contribution in [0.2, 0.25) is 0 Å². The van der Waals surface area contributed by atoms with Crippen molar-refractivity contribution in [3.63, 3.8) is 0 Å². The van der Waals surface area contributed by atoms with E-state index in [1.807, 2.05) is 0 Å². The van der Waals surface area contributed by atoms with Gasteiger partial charge in [-0.15, -0.1) is 0 Å². The van der Waals surface area contributed by atoms with Crippen LogP contribution in [0.15, 0.2) is 36.4 Å². The fourth-order valence-electron chi connectivity index (χ4n) is 6.69. The molecule has 0 heteroatoms. The minimum atomic E-state index is 0.725. The molecule has 0 aliphatic heterocycles. The van der Waals surface area contributed by atoms with Gasteiger partial charge in [0.05, 0.1) is 0 Å². The zero-order chi connectivity index (χ0) is 12.2. The Labute approximate surface area is 113 Å². The van der Waals surface area contributed by atoms with E-state index in [0.717, 1.165) is 29.1 Å². The monoisotopic (exact) mass is 246 g/mol. The van der Waals surface area contributed by atoms with E-state index < -0.39 is 0 Å². The number of benzene rings is 2. The van der Waals surface area contributed by atoms with Gasteiger partial charge in [0.25, 0.3) is 0 Å². The Hall–Kier alpha value is -1.30. The van der Waals surface area contributed by atoms with Gasteiger partial charge in [-0.1, -0.05) is 36.4 Å². The summed E-state index contributed by atoms with van der Waals surface area (Å²) < 4.78 is 0. The quantitative estimate of drug-likeness (QED) is 0.624. The summed E-state index contributed by atoms with van der Waals surface area (Å²) in [6, 6.07) is 14.1. The van der Waals surface area contributed by atoms with Gasteiger partial charge >= 0.3 is 0 Å². The lowest BCUT2D eigenvalue weighted by Crippen LogP contribution is -2.60. The molecule has 0 radical (unpaired) electrons. The lowest BCUT2D eigenvalue weighted by molar-refractivity contribution is -0.119. The van der Waals surface area contributed by atoms with Crippen LogP contribution in [0.3, 0.4) is 0 Å². The van der Waals surface area contributed by atoms with E-state index in [9.17, 15) is 0 Å². The van der Waals surface area contributed by atoms with Crippen LogP contribution in [0.1, 0.15) is 48.6 Å². The highest BCUT2D eigenvalue weighted by molar-refractivity contribution is 5.91. The molecule has 1 spiro atoms. The molecule has 4 aliphatic carbocycles. The number of hydrogen-bond donors (Lipinski definition) is 0. The van der Waals surface area contributed by atoms with Crippen molar-refractivity contribution >= 4 is 10.8 Å². The molecule has 0 N–H and O–H groups in total. The Morgan fingerprint density at radius 1 is 0.789 bits per heavy atom. The van der Waals surface area contributed by atoms with E-state index in [0.29, 0.717) is 0 Å². The zero-order valence-electron chi connectivity index (χ0n) is 11.1. The minimum Gasteiger partial charge on any atom is -0.0613 e. The van der Waals surface area contributed by atoms with Crippen molar-refractivity contribution < 1.29 is 0 Å². The molecule has 4 atom stereocenters. The molecule has 19 heavy (non-hydrogen) atoms. The van der Waals surface area contributed by atoms with Gasteiger partial charge in [-0.3, -0.25) is 0 Å². The summed E-state index contributed by atoms with van der Waals surface area (Å²) in [4.78, 5) is 0. The summed E-state index contributed by atoms with van der Waals surface area (Å²) in [5.74, 6) is 3.93. The summed E-state index contributed by atoms with van der Waals surface area (Å²) in [5.41, 5.74) is 4.13. The third kappa shape index (κ3) is 0.787. The molecule has 4 aliphatic rings. The maximum Gasteiger partial charge on any atom is -0.00851 e. The maximum absolute atomic E-state index is 2.44. The van der Waals surface area contributed by atoms with Crippen LogP contribution in [-0.2, 0) is 0 Å². The van der Waals surface area contributed by atoms with E-state index >= 15 is 0 Å². The Morgan fingerprint density at radius 2 is 1.37 bits per heavy atom. The first-order chi connectivity index (χ1) is 9.40. The van der Waals surface area contributed by atoms with E-state index in [-0.39, 0.29) is 0 Å². The molecule has 0 aromatic heterocycles. The summed E-state index contributed by atoms with van der Waals surface area (Å²) in [6.45, 7) is 0. The first kappa shape index (κ1) is 9.58. The predicted octanol–water partition coefficient (Wildman–Crippen LogP) is 4.84. The van der Waals surface area contributed by atoms with Crippen molar-refractivity contribution in [2.45, 2.75) is 37.5 Å². The third-order valence-corrected chi connectivity index (χ3v) is 7.25. The molecule has 4 unspecified atom stereocenters. The van der Waals surface area contributed by atoms with Crippen molar-refractivity contribution in [3.8, 4) is 0 Å². The second-order valence-corrected chi connectivity index (χ2v) is 7.34. The van der Waals surface area contributed by atoms with Crippen molar-refractivity contribution in [1.82, 2.24) is 0 Å². The largest absolute Gasteiger partial charge is 0.0613 e. The first-order valence-electron chi connectivity index (χ1n) is 7.92. The average molecular weight is 246 g/mol. The molecule has 94 valence electrons. The molecule has 0 bridgehead atoms. The summed E-state index contributed by atoms with van der Waals surface area (Å²) >= 11 is 0. The van der Waals surface area contributed by atoms with Crippen LogP contribution in [0.25, 0.3) is 10.8 Å². The molecule has 0 saturated heterocycles. The highest BCUT2D eigenvalue weighted by Crippen LogP contribution is 2.82. The molecule has 3 fully saturated rings. The number of hydrogen-bond acceptors (Lipinski definition) is 0. The Morgan fingerprint density at radius 3 is 1.95 bits per heavy atom. The van der Waals surface area contributed by atoms with Crippen molar-refractivity contribution in [3.05, 3.63) is 47.5 Å². The smallest absolute Gasteiger partial charge is 0.00851 e. The van der Waals surface area contributed by atoms with Crippen molar-refractivity contribution in [2.24, 2.45) is 17.3 Å². The lowest BCUT2D eigenvalue weighted by atomic mass is 9.34. The zero-order valence-corrected chi connectivity index (χ0v) is 11.1. The van der Waals surface area contributed by atoms with Crippen LogP contribution in [0.4, 0.5) is 0 Å². The molecule has 2 aromatic rings. The first-order valence-corrected chi connectivity index (χ1v) is 7.92. The van der Waals surface area contributed by atoms with E-state index in [4.69, 9.17) is 0 Å². The maximum atomic E-state index is 2.44. The second kappa shape index (κ2) is 2.75. The van der Waals surface area contributed by atoms with Crippen LogP contribution >= 0.6 is 0 Å². The van der Waals surface area contributed by atoms with Gasteiger partial charge < -0.3 is 0 Å². The van der Waals surface area contributed by atoms with E-state index in [1.54, 1.807) is 16.5 Å². The highest BCUT2D eigenvalue weighted by Gasteiger charge is 2.72. The Balaban J connectivity index is 1.74. The summed E-state index contributed by atoms with van der Waals surface area (Å²) in [5, 5.41) is 3.11. The number of rotatable bonds is 0. The molecular formula is C19H18. The molecule has 3 saturated carbocycles. The highest BCUT2D eigenvalue weighted by atomic mass is 14.8. The van der Waals surface area contributed by atoms with E-state index in [1.165, 1.54) is 31.1 Å². The summed E-state index contributed by atoms with van der Waals surface area (Å²) in [7, 11) is 0. The fraction of sp³-hybridized carbons (Fsp3) is 0.474. The van der Waals surface area contributed by atoms with Gasteiger partial charge in [0, 0.05) is 0 Å². The van der Waals surface area contributed by atoms with Gasteiger partial charge in [-0.05, 0) is 76.7 Å². The van der Waals surface area contributed by atoms with Crippen molar-refractivity contribution in [1.29, 1.82) is 0 Å². The number of fused-ring (bicyclic) bond motifs is 2. The molecule has 0 nitrogen and oxygen atoms in total. The minimum absolute atomic E-state index is 0.725. The third-order valence-electron chi connectivity index (χ3n) is 7.25. The Bertz CT molecular complexity index is 667. The van der Waals surface area contributed by atoms with Crippen LogP contribution in [0.5, 0.6) is 0 Å². The standard InChI is InChI=1S/C19H18/c1-3-11-4-2-6-15-17-10-13-8-7-12-9-16(19(12,13)17)14(5-1)18(11)15/h1-6,12-13,16-17H,7-10H2. The predicted molar refractivity (Wildman–Crippen MR) is 77.3 cm³/mol. The summed E-state index contributed by atoms with van der Waals surface area (Å²) in [6.07, 6.45) is 6.02. The van der Waals surface area contributed by atoms with Crippen molar-refractivity contribution in [2.75, 3.05) is 0 Å². The second-order valence-electron chi connectivity index (χ2n) is 7.34.